The van der Waals surface area contributed by atoms with Crippen molar-refractivity contribution < 1.29 is 14.3 Å². The van der Waals surface area contributed by atoms with Gasteiger partial charge in [-0.3, -0.25) is 9.79 Å². The zero-order valence-electron chi connectivity index (χ0n) is 27.1. The Morgan fingerprint density at radius 1 is 1.15 bits per heavy atom. The van der Waals surface area contributed by atoms with E-state index in [9.17, 15) is 4.39 Å². The predicted octanol–water partition coefficient (Wildman–Crippen LogP) is 8.82. The summed E-state index contributed by atoms with van der Waals surface area (Å²) in [5, 5.41) is 13.3. The summed E-state index contributed by atoms with van der Waals surface area (Å²) in [7, 11) is 3.59. The third-order valence-corrected chi connectivity index (χ3v) is 6.40. The van der Waals surface area contributed by atoms with E-state index < -0.39 is 0 Å². The van der Waals surface area contributed by atoms with Crippen molar-refractivity contribution in [3.63, 3.8) is 0 Å². The van der Waals surface area contributed by atoms with Crippen LogP contribution >= 0.6 is 0 Å². The number of anilines is 1. The smallest absolute Gasteiger partial charge is 0.290 e. The first-order valence-corrected chi connectivity index (χ1v) is 14.0. The van der Waals surface area contributed by atoms with E-state index in [0.29, 0.717) is 23.8 Å². The van der Waals surface area contributed by atoms with Crippen molar-refractivity contribution in [2.45, 2.75) is 94.9 Å². The second-order valence-corrected chi connectivity index (χ2v) is 11.0. The van der Waals surface area contributed by atoms with E-state index >= 15 is 0 Å². The molecule has 0 amide bonds. The Labute approximate surface area is 243 Å². The fraction of sp³-hybridized carbons (Fsp3) is 0.545. The molecule has 0 aromatic heterocycles. The third kappa shape index (κ3) is 18.1. The number of hydrogen-bond acceptors (Lipinski definition) is 4. The van der Waals surface area contributed by atoms with Gasteiger partial charge >= 0.3 is 0 Å². The summed E-state index contributed by atoms with van der Waals surface area (Å²) in [6, 6.07) is 5.09. The molecule has 0 radical (unpaired) electrons. The Kier molecular flexibility index (Phi) is 21.0. The SMILES string of the molecule is CC/C=C(\C)C(=NC=C(C)C)N/C(C)=C/C(CCc1cc(NC)ccc1F)=NC.CCC(C)C(C)(C)C.O=CO. The summed E-state index contributed by atoms with van der Waals surface area (Å²) < 4.78 is 14.1. The molecule has 40 heavy (non-hydrogen) atoms. The van der Waals surface area contributed by atoms with E-state index in [0.717, 1.165) is 46.4 Å². The zero-order chi connectivity index (χ0) is 31.3. The fourth-order valence-electron chi connectivity index (χ4n) is 3.35. The molecule has 6 nitrogen and oxygen atoms in total. The van der Waals surface area contributed by atoms with Gasteiger partial charge in [-0.1, -0.05) is 59.6 Å². The summed E-state index contributed by atoms with van der Waals surface area (Å²) >= 11 is 0. The van der Waals surface area contributed by atoms with Gasteiger partial charge in [-0.25, -0.2) is 9.38 Å². The maximum atomic E-state index is 14.1. The number of amidine groups is 1. The van der Waals surface area contributed by atoms with Gasteiger partial charge in [0.15, 0.2) is 0 Å². The first-order valence-electron chi connectivity index (χ1n) is 14.0. The second kappa shape index (κ2) is 21.6. The molecule has 0 heterocycles. The Bertz CT molecular complexity index is 1030. The molecule has 7 heteroatoms. The quantitative estimate of drug-likeness (QED) is 0.152. The second-order valence-electron chi connectivity index (χ2n) is 11.0. The monoisotopic (exact) mass is 558 g/mol. The largest absolute Gasteiger partial charge is 0.483 e. The maximum Gasteiger partial charge on any atom is 0.290 e. The molecule has 0 aliphatic rings. The van der Waals surface area contributed by atoms with E-state index in [4.69, 9.17) is 9.90 Å². The van der Waals surface area contributed by atoms with Gasteiger partial charge in [-0.2, -0.15) is 0 Å². The third-order valence-electron chi connectivity index (χ3n) is 6.40. The minimum absolute atomic E-state index is 0.185. The number of carbonyl (C=O) groups is 1. The Balaban J connectivity index is 0. The zero-order valence-corrected chi connectivity index (χ0v) is 27.1. The lowest BCUT2D eigenvalue weighted by Gasteiger charge is -2.25. The lowest BCUT2D eigenvalue weighted by molar-refractivity contribution is -0.122. The molecule has 1 aromatic rings. The Morgan fingerprint density at radius 2 is 1.75 bits per heavy atom. The molecule has 3 N–H and O–H groups in total. The standard InChI is InChI=1S/C24H35FN4.C8H18.CH2O2/c1-8-9-18(4)24(28-16-17(2)3)29-19(5)14-21(26-6)11-10-20-15-22(27-7)12-13-23(20)25;1-6-7(2)8(3,4)5;2-1-3/h9,12-16,27H,8,10-11H2,1-7H3,(H,28,29);7H,6H2,1-5H3;1H,(H,2,3)/b18-9+,19-14+,26-21?;;. The average molecular weight is 559 g/mol. The molecule has 1 atom stereocenters. The lowest BCUT2D eigenvalue weighted by Crippen LogP contribution is -2.23. The molecule has 0 aliphatic heterocycles. The van der Waals surface area contributed by atoms with Gasteiger partial charge in [0.25, 0.3) is 6.47 Å². The van der Waals surface area contributed by atoms with Crippen LogP contribution in [0.4, 0.5) is 10.1 Å². The van der Waals surface area contributed by atoms with Crippen molar-refractivity contribution in [1.82, 2.24) is 5.32 Å². The normalized spacial score (nSPS) is 13.2. The highest BCUT2D eigenvalue weighted by Crippen LogP contribution is 2.27. The molecule has 1 rings (SSSR count). The van der Waals surface area contributed by atoms with Crippen LogP contribution in [0, 0.1) is 17.2 Å². The van der Waals surface area contributed by atoms with Crippen LogP contribution in [0.3, 0.4) is 0 Å². The molecule has 0 saturated carbocycles. The van der Waals surface area contributed by atoms with Crippen LogP contribution in [0.15, 0.2) is 63.4 Å². The van der Waals surface area contributed by atoms with Gasteiger partial charge in [0.05, 0.1) is 0 Å². The van der Waals surface area contributed by atoms with Crippen LogP contribution in [0.5, 0.6) is 0 Å². The number of carboxylic acid groups (broad SMARTS) is 1. The number of rotatable bonds is 10. The van der Waals surface area contributed by atoms with Crippen molar-refractivity contribution in [1.29, 1.82) is 0 Å². The fourth-order valence-corrected chi connectivity index (χ4v) is 3.35. The highest BCUT2D eigenvalue weighted by atomic mass is 19.1. The highest BCUT2D eigenvalue weighted by molar-refractivity contribution is 6.01. The Hall–Kier alpha value is -3.22. The molecule has 0 spiro atoms. The molecule has 0 fully saturated rings. The van der Waals surface area contributed by atoms with Gasteiger partial charge in [0.2, 0.25) is 0 Å². The summed E-state index contributed by atoms with van der Waals surface area (Å²) in [6.07, 6.45) is 9.48. The van der Waals surface area contributed by atoms with Gasteiger partial charge in [0, 0.05) is 37.4 Å². The minimum atomic E-state index is -0.250. The molecule has 226 valence electrons. The van der Waals surface area contributed by atoms with Crippen molar-refractivity contribution in [2.24, 2.45) is 21.3 Å². The molecule has 0 bridgehead atoms. The van der Waals surface area contributed by atoms with E-state index in [1.54, 1.807) is 13.1 Å². The first-order chi connectivity index (χ1) is 18.7. The molecule has 0 aliphatic carbocycles. The van der Waals surface area contributed by atoms with Crippen LogP contribution in [0.1, 0.15) is 94.1 Å². The van der Waals surface area contributed by atoms with E-state index in [-0.39, 0.29) is 12.3 Å². The molecule has 0 saturated heterocycles. The summed E-state index contributed by atoms with van der Waals surface area (Å²) in [5.74, 6) is 1.49. The molecular weight excluding hydrogens is 503 g/mol. The number of allylic oxidation sites excluding steroid dienone is 4. The van der Waals surface area contributed by atoms with Gasteiger partial charge in [0.1, 0.15) is 11.7 Å². The van der Waals surface area contributed by atoms with Crippen LogP contribution in [0.25, 0.3) is 0 Å². The predicted molar refractivity (Wildman–Crippen MR) is 173 cm³/mol. The maximum absolute atomic E-state index is 14.1. The number of halogens is 1. The summed E-state index contributed by atoms with van der Waals surface area (Å²) in [5.41, 5.74) is 6.18. The van der Waals surface area contributed by atoms with Crippen molar-refractivity contribution >= 4 is 23.7 Å². The van der Waals surface area contributed by atoms with Crippen molar-refractivity contribution in [3.8, 4) is 0 Å². The summed E-state index contributed by atoms with van der Waals surface area (Å²) in [6.45, 7) is 21.4. The van der Waals surface area contributed by atoms with Crippen LogP contribution in [-0.2, 0) is 11.2 Å². The van der Waals surface area contributed by atoms with E-state index in [1.165, 1.54) is 12.5 Å². The highest BCUT2D eigenvalue weighted by Gasteiger charge is 2.17. The number of benzene rings is 1. The van der Waals surface area contributed by atoms with Gasteiger partial charge < -0.3 is 15.7 Å². The van der Waals surface area contributed by atoms with Crippen molar-refractivity contribution in [3.05, 3.63) is 64.8 Å². The molecule has 1 aromatic carbocycles. The van der Waals surface area contributed by atoms with Gasteiger partial charge in [-0.15, -0.1) is 0 Å². The van der Waals surface area contributed by atoms with E-state index in [2.05, 4.69) is 68.2 Å². The average Bonchev–Trinajstić information content (AvgIpc) is 2.89. The van der Waals surface area contributed by atoms with Gasteiger partial charge in [-0.05, 0) is 93.7 Å². The topological polar surface area (TPSA) is 86.1 Å². The number of hydrogen-bond donors (Lipinski definition) is 3. The summed E-state index contributed by atoms with van der Waals surface area (Å²) in [4.78, 5) is 17.3. The van der Waals surface area contributed by atoms with Crippen molar-refractivity contribution in [2.75, 3.05) is 19.4 Å². The minimum Gasteiger partial charge on any atom is -0.483 e. The molecule has 1 unspecified atom stereocenters. The van der Waals surface area contributed by atoms with Crippen LogP contribution in [-0.4, -0.2) is 37.2 Å². The first kappa shape index (κ1) is 38.9. The van der Waals surface area contributed by atoms with Crippen LogP contribution < -0.4 is 10.6 Å². The number of aryl methyl sites for hydroxylation is 1. The molecular formula is C33H55FN4O2. The number of nitrogens with one attached hydrogen (secondary N) is 2. The number of aliphatic imine (C=N–C) groups is 2. The lowest BCUT2D eigenvalue weighted by atomic mass is 9.81. The van der Waals surface area contributed by atoms with Crippen LogP contribution in [0.2, 0.25) is 0 Å². The Morgan fingerprint density at radius 3 is 2.17 bits per heavy atom. The number of nitrogens with zero attached hydrogens (tertiary/aromatic N) is 2. The van der Waals surface area contributed by atoms with E-state index in [1.807, 2.05) is 53.1 Å².